The Balaban J connectivity index is 1.57. The summed E-state index contributed by atoms with van der Waals surface area (Å²) in [6.45, 7) is 4.88. The average Bonchev–Trinajstić information content (AvgIpc) is 2.57. The third-order valence-corrected chi connectivity index (χ3v) is 5.49. The van der Waals surface area contributed by atoms with Crippen LogP contribution in [0.4, 0.5) is 0 Å². The number of amides is 1. The van der Waals surface area contributed by atoms with Gasteiger partial charge in [-0.2, -0.15) is 0 Å². The first kappa shape index (κ1) is 18.7. The van der Waals surface area contributed by atoms with Crippen LogP contribution in [0.25, 0.3) is 0 Å². The summed E-state index contributed by atoms with van der Waals surface area (Å²) in [6.07, 6.45) is 13.0. The van der Waals surface area contributed by atoms with Gasteiger partial charge in [0, 0.05) is 19.5 Å². The number of nitrogens with zero attached hydrogens (tertiary/aromatic N) is 1. The quantitative estimate of drug-likeness (QED) is 0.695. The van der Waals surface area contributed by atoms with Gasteiger partial charge in [0.15, 0.2) is 0 Å². The maximum absolute atomic E-state index is 12.2. The third kappa shape index (κ3) is 6.80. The molecule has 1 aliphatic carbocycles. The lowest BCUT2D eigenvalue weighted by Gasteiger charge is -2.35. The Bertz CT molecular complexity index is 332. The first-order chi connectivity index (χ1) is 11.2. The Morgan fingerprint density at radius 3 is 2.22 bits per heavy atom. The van der Waals surface area contributed by atoms with Gasteiger partial charge in [-0.15, -0.1) is 0 Å². The van der Waals surface area contributed by atoms with E-state index in [1.54, 1.807) is 0 Å². The third-order valence-electron chi connectivity index (χ3n) is 5.49. The maximum Gasteiger partial charge on any atom is 0.222 e. The number of unbranched alkanes of at least 4 members (excludes halogenated alkanes) is 3. The number of ether oxygens (including phenoxy) is 1. The fraction of sp³-hybridized carbons (Fsp3) is 0.947. The van der Waals surface area contributed by atoms with Crippen LogP contribution < -0.4 is 5.73 Å². The van der Waals surface area contributed by atoms with Gasteiger partial charge in [0.2, 0.25) is 5.91 Å². The number of nitrogens with two attached hydrogens (primary N) is 1. The number of hydrogen-bond donors (Lipinski definition) is 1. The molecule has 1 aliphatic heterocycles. The molecule has 2 fully saturated rings. The molecule has 0 aromatic heterocycles. The highest BCUT2D eigenvalue weighted by Crippen LogP contribution is 2.28. The molecule has 1 saturated heterocycles. The van der Waals surface area contributed by atoms with Crippen molar-refractivity contribution in [2.24, 2.45) is 11.7 Å². The highest BCUT2D eigenvalue weighted by atomic mass is 16.5. The van der Waals surface area contributed by atoms with Crippen LogP contribution in [0.2, 0.25) is 0 Å². The molecule has 23 heavy (non-hydrogen) atoms. The van der Waals surface area contributed by atoms with E-state index in [-0.39, 0.29) is 0 Å². The summed E-state index contributed by atoms with van der Waals surface area (Å²) in [4.78, 5) is 14.3. The van der Waals surface area contributed by atoms with Crippen LogP contribution in [0.5, 0.6) is 0 Å². The maximum atomic E-state index is 12.2. The van der Waals surface area contributed by atoms with Gasteiger partial charge in [-0.1, -0.05) is 19.8 Å². The minimum Gasteiger partial charge on any atom is -0.375 e. The molecule has 0 spiro atoms. The Hall–Kier alpha value is -0.610. The van der Waals surface area contributed by atoms with Gasteiger partial charge in [0.25, 0.3) is 0 Å². The SMILES string of the molecule is CC1CCC(OC2CCN(C(=O)CCCCCCN)CC2)CC1. The predicted molar refractivity (Wildman–Crippen MR) is 94.2 cm³/mol. The number of likely N-dealkylation sites (tertiary alicyclic amines) is 1. The van der Waals surface area contributed by atoms with Gasteiger partial charge in [0.1, 0.15) is 0 Å². The molecule has 0 unspecified atom stereocenters. The highest BCUT2D eigenvalue weighted by molar-refractivity contribution is 5.76. The van der Waals surface area contributed by atoms with Crippen molar-refractivity contribution in [1.82, 2.24) is 4.90 Å². The van der Waals surface area contributed by atoms with E-state index in [0.717, 1.165) is 64.1 Å². The number of carbonyl (C=O) groups excluding carboxylic acids is 1. The molecule has 2 N–H and O–H groups in total. The number of piperidine rings is 1. The molecule has 1 saturated carbocycles. The standard InChI is InChI=1S/C19H36N2O2/c1-16-7-9-17(10-8-16)23-18-11-14-21(15-12-18)19(22)6-4-2-3-5-13-20/h16-18H,2-15,20H2,1H3. The van der Waals surface area contributed by atoms with E-state index in [1.807, 2.05) is 4.90 Å². The van der Waals surface area contributed by atoms with Gasteiger partial charge in [-0.25, -0.2) is 0 Å². The molecule has 0 aromatic carbocycles. The van der Waals surface area contributed by atoms with Crippen molar-refractivity contribution in [3.8, 4) is 0 Å². The van der Waals surface area contributed by atoms with Crippen molar-refractivity contribution in [3.63, 3.8) is 0 Å². The predicted octanol–water partition coefficient (Wildman–Crippen LogP) is 3.48. The summed E-state index contributed by atoms with van der Waals surface area (Å²) < 4.78 is 6.28. The summed E-state index contributed by atoms with van der Waals surface area (Å²) in [7, 11) is 0. The number of hydrogen-bond acceptors (Lipinski definition) is 3. The fourth-order valence-electron chi connectivity index (χ4n) is 3.81. The van der Waals surface area contributed by atoms with Crippen LogP contribution >= 0.6 is 0 Å². The number of rotatable bonds is 8. The lowest BCUT2D eigenvalue weighted by Crippen LogP contribution is -2.42. The molecule has 2 rings (SSSR count). The molecule has 134 valence electrons. The highest BCUT2D eigenvalue weighted by Gasteiger charge is 2.26. The second-order valence-corrected chi connectivity index (χ2v) is 7.55. The van der Waals surface area contributed by atoms with E-state index in [1.165, 1.54) is 25.7 Å². The molecule has 1 amide bonds. The zero-order valence-corrected chi connectivity index (χ0v) is 15.0. The Morgan fingerprint density at radius 1 is 0.957 bits per heavy atom. The average molecular weight is 325 g/mol. The normalized spacial score (nSPS) is 26.4. The van der Waals surface area contributed by atoms with Crippen LogP contribution in [0.1, 0.15) is 77.6 Å². The molecule has 4 nitrogen and oxygen atoms in total. The second-order valence-electron chi connectivity index (χ2n) is 7.55. The minimum absolute atomic E-state index is 0.336. The zero-order valence-electron chi connectivity index (χ0n) is 15.0. The van der Waals surface area contributed by atoms with Crippen LogP contribution in [0.3, 0.4) is 0 Å². The summed E-state index contributed by atoms with van der Waals surface area (Å²) >= 11 is 0. The molecule has 0 bridgehead atoms. The largest absolute Gasteiger partial charge is 0.375 e. The lowest BCUT2D eigenvalue weighted by molar-refractivity contribution is -0.135. The molecular formula is C19H36N2O2. The summed E-state index contributed by atoms with van der Waals surface area (Å²) in [5, 5.41) is 0. The van der Waals surface area contributed by atoms with Gasteiger partial charge in [0.05, 0.1) is 12.2 Å². The smallest absolute Gasteiger partial charge is 0.222 e. The van der Waals surface area contributed by atoms with Crippen molar-refractivity contribution in [2.45, 2.75) is 89.8 Å². The van der Waals surface area contributed by atoms with Crippen molar-refractivity contribution in [3.05, 3.63) is 0 Å². The van der Waals surface area contributed by atoms with E-state index in [9.17, 15) is 4.79 Å². The van der Waals surface area contributed by atoms with Crippen LogP contribution in [0, 0.1) is 5.92 Å². The molecule has 0 radical (unpaired) electrons. The van der Waals surface area contributed by atoms with Gasteiger partial charge in [-0.3, -0.25) is 4.79 Å². The first-order valence-corrected chi connectivity index (χ1v) is 9.82. The van der Waals surface area contributed by atoms with Crippen molar-refractivity contribution >= 4 is 5.91 Å². The molecule has 0 aromatic rings. The first-order valence-electron chi connectivity index (χ1n) is 9.82. The van der Waals surface area contributed by atoms with E-state index in [4.69, 9.17) is 10.5 Å². The Morgan fingerprint density at radius 2 is 1.57 bits per heavy atom. The molecule has 0 atom stereocenters. The Kier molecular flexibility index (Phi) is 8.38. The van der Waals surface area contributed by atoms with Crippen LogP contribution in [-0.2, 0) is 9.53 Å². The molecular weight excluding hydrogens is 288 g/mol. The van der Waals surface area contributed by atoms with E-state index >= 15 is 0 Å². The monoisotopic (exact) mass is 324 g/mol. The summed E-state index contributed by atoms with van der Waals surface area (Å²) in [5.74, 6) is 1.21. The Labute approximate surface area is 142 Å². The fourth-order valence-corrected chi connectivity index (χ4v) is 3.81. The van der Waals surface area contributed by atoms with Gasteiger partial charge >= 0.3 is 0 Å². The van der Waals surface area contributed by atoms with Gasteiger partial charge < -0.3 is 15.4 Å². The number of carbonyl (C=O) groups is 1. The van der Waals surface area contributed by atoms with E-state index in [2.05, 4.69) is 6.92 Å². The van der Waals surface area contributed by atoms with E-state index < -0.39 is 0 Å². The summed E-state index contributed by atoms with van der Waals surface area (Å²) in [5.41, 5.74) is 5.49. The minimum atomic E-state index is 0.336. The van der Waals surface area contributed by atoms with Crippen molar-refractivity contribution in [2.75, 3.05) is 19.6 Å². The zero-order chi connectivity index (χ0) is 16.5. The molecule has 4 heteroatoms. The van der Waals surface area contributed by atoms with Crippen molar-refractivity contribution < 1.29 is 9.53 Å². The molecule has 1 heterocycles. The lowest BCUT2D eigenvalue weighted by atomic mass is 9.88. The van der Waals surface area contributed by atoms with Crippen LogP contribution in [0.15, 0.2) is 0 Å². The topological polar surface area (TPSA) is 55.6 Å². The van der Waals surface area contributed by atoms with Gasteiger partial charge in [-0.05, 0) is 63.8 Å². The van der Waals surface area contributed by atoms with E-state index in [0.29, 0.717) is 24.5 Å². The summed E-state index contributed by atoms with van der Waals surface area (Å²) in [6, 6.07) is 0. The van der Waals surface area contributed by atoms with Crippen LogP contribution in [-0.4, -0.2) is 42.6 Å². The second kappa shape index (κ2) is 10.3. The van der Waals surface area contributed by atoms with Crippen molar-refractivity contribution in [1.29, 1.82) is 0 Å². The molecule has 2 aliphatic rings.